The summed E-state index contributed by atoms with van der Waals surface area (Å²) in [4.78, 5) is 26.4. The lowest BCUT2D eigenvalue weighted by molar-refractivity contribution is -0.161. The summed E-state index contributed by atoms with van der Waals surface area (Å²) in [5.74, 6) is -0.647. The molecule has 0 aliphatic carbocycles. The standard InChI is InChI=1S/C25H31N3O5/c1-6-25(4,23(31)32-5)16-24(2,3)22(30)33-14-13-17-11-12-21(29)20(15-17)28-26-18-9-7-8-10-19(18)27-28/h7-12,15,29H,6,13-14,16H2,1-5H3. The number of phenols is 1. The Morgan fingerprint density at radius 1 is 1.03 bits per heavy atom. The quantitative estimate of drug-likeness (QED) is 0.484. The lowest BCUT2D eigenvalue weighted by atomic mass is 9.72. The average Bonchev–Trinajstić information content (AvgIpc) is 3.23. The fraction of sp³-hybridized carbons (Fsp3) is 0.440. The van der Waals surface area contributed by atoms with Crippen molar-refractivity contribution in [3.8, 4) is 11.4 Å². The molecule has 176 valence electrons. The normalized spacial score (nSPS) is 13.5. The topological polar surface area (TPSA) is 104 Å². The monoisotopic (exact) mass is 453 g/mol. The Morgan fingerprint density at radius 3 is 2.24 bits per heavy atom. The van der Waals surface area contributed by atoms with Crippen molar-refractivity contribution in [1.82, 2.24) is 15.0 Å². The number of aromatic nitrogens is 3. The van der Waals surface area contributed by atoms with Gasteiger partial charge in [-0.2, -0.15) is 0 Å². The molecular weight excluding hydrogens is 422 g/mol. The smallest absolute Gasteiger partial charge is 0.311 e. The Kier molecular flexibility index (Phi) is 7.05. The van der Waals surface area contributed by atoms with E-state index >= 15 is 0 Å². The van der Waals surface area contributed by atoms with Crippen LogP contribution in [0.1, 0.15) is 46.1 Å². The van der Waals surface area contributed by atoms with Crippen LogP contribution in [-0.2, 0) is 25.5 Å². The maximum atomic E-state index is 12.8. The third-order valence-corrected chi connectivity index (χ3v) is 6.01. The molecule has 3 rings (SSSR count). The van der Waals surface area contributed by atoms with Crippen LogP contribution in [0.25, 0.3) is 16.7 Å². The van der Waals surface area contributed by atoms with Crippen LogP contribution in [0.3, 0.4) is 0 Å². The third kappa shape index (κ3) is 5.32. The molecule has 0 amide bonds. The molecule has 0 aliphatic rings. The molecule has 1 aromatic heterocycles. The van der Waals surface area contributed by atoms with Gasteiger partial charge in [0.25, 0.3) is 0 Å². The number of rotatable bonds is 9. The minimum atomic E-state index is -0.849. The van der Waals surface area contributed by atoms with E-state index in [2.05, 4.69) is 10.2 Å². The summed E-state index contributed by atoms with van der Waals surface area (Å²) in [5.41, 5.74) is 1.16. The van der Waals surface area contributed by atoms with E-state index in [1.807, 2.05) is 31.2 Å². The summed E-state index contributed by atoms with van der Waals surface area (Å²) in [6.07, 6.45) is 1.34. The Morgan fingerprint density at radius 2 is 1.67 bits per heavy atom. The first-order valence-electron chi connectivity index (χ1n) is 11.0. The number of benzene rings is 2. The van der Waals surface area contributed by atoms with Gasteiger partial charge in [-0.15, -0.1) is 15.0 Å². The van der Waals surface area contributed by atoms with Crippen molar-refractivity contribution in [3.63, 3.8) is 0 Å². The lowest BCUT2D eigenvalue weighted by Crippen LogP contribution is -2.38. The number of hydrogen-bond donors (Lipinski definition) is 1. The lowest BCUT2D eigenvalue weighted by Gasteiger charge is -2.33. The highest BCUT2D eigenvalue weighted by molar-refractivity contribution is 5.80. The van der Waals surface area contributed by atoms with Crippen LogP contribution in [0.15, 0.2) is 42.5 Å². The highest BCUT2D eigenvalue weighted by atomic mass is 16.5. The fourth-order valence-electron chi connectivity index (χ4n) is 3.94. The number of aromatic hydroxyl groups is 1. The van der Waals surface area contributed by atoms with Gasteiger partial charge in [-0.25, -0.2) is 0 Å². The molecule has 3 aromatic rings. The van der Waals surface area contributed by atoms with Crippen molar-refractivity contribution in [1.29, 1.82) is 0 Å². The van der Waals surface area contributed by atoms with Crippen LogP contribution in [0.5, 0.6) is 5.75 Å². The summed E-state index contributed by atoms with van der Waals surface area (Å²) >= 11 is 0. The predicted octanol–water partition coefficient (Wildman–Crippen LogP) is 4.22. The maximum Gasteiger partial charge on any atom is 0.311 e. The van der Waals surface area contributed by atoms with Gasteiger partial charge in [0.05, 0.1) is 24.5 Å². The molecule has 0 saturated carbocycles. The molecule has 0 aliphatic heterocycles. The van der Waals surface area contributed by atoms with Gasteiger partial charge in [0, 0.05) is 6.42 Å². The van der Waals surface area contributed by atoms with Crippen LogP contribution < -0.4 is 0 Å². The van der Waals surface area contributed by atoms with E-state index in [0.717, 1.165) is 16.6 Å². The number of carbonyl (C=O) groups excluding carboxylic acids is 2. The second kappa shape index (κ2) is 9.60. The fourth-order valence-corrected chi connectivity index (χ4v) is 3.94. The zero-order valence-corrected chi connectivity index (χ0v) is 19.8. The first kappa shape index (κ1) is 24.2. The Hall–Kier alpha value is -3.42. The minimum absolute atomic E-state index is 0.0545. The van der Waals surface area contributed by atoms with E-state index in [0.29, 0.717) is 24.9 Å². The highest BCUT2D eigenvalue weighted by Crippen LogP contribution is 2.38. The number of methoxy groups -OCH3 is 1. The van der Waals surface area contributed by atoms with Crippen molar-refractivity contribution < 1.29 is 24.2 Å². The largest absolute Gasteiger partial charge is 0.506 e. The first-order chi connectivity index (χ1) is 15.6. The van der Waals surface area contributed by atoms with Gasteiger partial charge in [0.2, 0.25) is 0 Å². The molecule has 0 saturated heterocycles. The Balaban J connectivity index is 1.66. The van der Waals surface area contributed by atoms with E-state index in [9.17, 15) is 14.7 Å². The molecule has 33 heavy (non-hydrogen) atoms. The van der Waals surface area contributed by atoms with Crippen LogP contribution in [0, 0.1) is 10.8 Å². The van der Waals surface area contributed by atoms with Crippen molar-refractivity contribution in [2.45, 2.75) is 47.0 Å². The van der Waals surface area contributed by atoms with Gasteiger partial charge in [-0.3, -0.25) is 9.59 Å². The molecular formula is C25H31N3O5. The van der Waals surface area contributed by atoms with Gasteiger partial charge in [0.1, 0.15) is 22.5 Å². The number of hydrogen-bond acceptors (Lipinski definition) is 7. The van der Waals surface area contributed by atoms with Gasteiger partial charge < -0.3 is 14.6 Å². The van der Waals surface area contributed by atoms with E-state index in [-0.39, 0.29) is 24.3 Å². The van der Waals surface area contributed by atoms with Crippen molar-refractivity contribution in [3.05, 3.63) is 48.0 Å². The molecule has 8 heteroatoms. The molecule has 1 unspecified atom stereocenters. The van der Waals surface area contributed by atoms with E-state index in [4.69, 9.17) is 9.47 Å². The molecule has 0 spiro atoms. The molecule has 0 radical (unpaired) electrons. The van der Waals surface area contributed by atoms with Crippen molar-refractivity contribution >= 4 is 23.0 Å². The van der Waals surface area contributed by atoms with Gasteiger partial charge >= 0.3 is 11.9 Å². The second-order valence-electron chi connectivity index (χ2n) is 9.15. The molecule has 0 fully saturated rings. The SMILES string of the molecule is CCC(C)(CC(C)(C)C(=O)OCCc1ccc(O)c(-n2nc3ccccc3n2)c1)C(=O)OC. The molecule has 0 bridgehead atoms. The predicted molar refractivity (Wildman–Crippen MR) is 124 cm³/mol. The number of carbonyl (C=O) groups is 2. The van der Waals surface area contributed by atoms with Crippen LogP contribution in [0.2, 0.25) is 0 Å². The minimum Gasteiger partial charge on any atom is -0.506 e. The van der Waals surface area contributed by atoms with Gasteiger partial charge in [-0.1, -0.05) is 25.1 Å². The number of nitrogens with zero attached hydrogens (tertiary/aromatic N) is 3. The summed E-state index contributed by atoms with van der Waals surface area (Å²) in [6.45, 7) is 7.43. The van der Waals surface area contributed by atoms with Crippen LogP contribution in [-0.4, -0.2) is 45.8 Å². The summed E-state index contributed by atoms with van der Waals surface area (Å²) < 4.78 is 10.5. The highest BCUT2D eigenvalue weighted by Gasteiger charge is 2.42. The molecule has 1 atom stereocenters. The van der Waals surface area contributed by atoms with Gasteiger partial charge in [0.15, 0.2) is 0 Å². The summed E-state index contributed by atoms with van der Waals surface area (Å²) in [6, 6.07) is 12.6. The average molecular weight is 454 g/mol. The Bertz CT molecular complexity index is 1120. The zero-order valence-electron chi connectivity index (χ0n) is 19.8. The van der Waals surface area contributed by atoms with Crippen LogP contribution >= 0.6 is 0 Å². The summed E-state index contributed by atoms with van der Waals surface area (Å²) in [5, 5.41) is 19.1. The first-order valence-corrected chi connectivity index (χ1v) is 11.0. The van der Waals surface area contributed by atoms with E-state index in [1.54, 1.807) is 39.0 Å². The number of esters is 2. The molecule has 8 nitrogen and oxygen atoms in total. The van der Waals surface area contributed by atoms with E-state index < -0.39 is 10.8 Å². The van der Waals surface area contributed by atoms with Crippen molar-refractivity contribution in [2.75, 3.05) is 13.7 Å². The van der Waals surface area contributed by atoms with Crippen molar-refractivity contribution in [2.24, 2.45) is 10.8 Å². The third-order valence-electron chi connectivity index (χ3n) is 6.01. The number of phenolic OH excluding ortho intramolecular Hbond substituents is 1. The van der Waals surface area contributed by atoms with E-state index in [1.165, 1.54) is 11.9 Å². The van der Waals surface area contributed by atoms with Gasteiger partial charge in [-0.05, 0) is 63.4 Å². The maximum absolute atomic E-state index is 12.8. The zero-order chi connectivity index (χ0) is 24.2. The molecule has 2 aromatic carbocycles. The number of ether oxygens (including phenoxy) is 2. The second-order valence-corrected chi connectivity index (χ2v) is 9.15. The van der Waals surface area contributed by atoms with Crippen LogP contribution in [0.4, 0.5) is 0 Å². The Labute approximate surface area is 193 Å². The summed E-state index contributed by atoms with van der Waals surface area (Å²) in [7, 11) is 1.36. The molecule has 1 heterocycles. The molecule has 1 N–H and O–H groups in total. The number of fused-ring (bicyclic) bond motifs is 1.